The van der Waals surface area contributed by atoms with Crippen LogP contribution in [0.5, 0.6) is 5.75 Å². The number of amides is 1. The van der Waals surface area contributed by atoms with Crippen LogP contribution in [-0.4, -0.2) is 30.6 Å². The van der Waals surface area contributed by atoms with Gasteiger partial charge in [0.05, 0.1) is 6.07 Å². The highest BCUT2D eigenvalue weighted by Gasteiger charge is 2.30. The Labute approximate surface area is 143 Å². The van der Waals surface area contributed by atoms with Crippen molar-refractivity contribution in [3.8, 4) is 11.8 Å². The third-order valence-corrected chi connectivity index (χ3v) is 3.80. The molecule has 0 bridgehead atoms. The van der Waals surface area contributed by atoms with Gasteiger partial charge in [0.25, 0.3) is 5.91 Å². The zero-order chi connectivity index (χ0) is 17.5. The molecule has 23 heavy (non-hydrogen) atoms. The van der Waals surface area contributed by atoms with E-state index in [1.54, 1.807) is 25.1 Å². The Morgan fingerprint density at radius 3 is 2.65 bits per heavy atom. The minimum atomic E-state index is -1.00. The topological polar surface area (TPSA) is 88.4 Å². The second-order valence-electron chi connectivity index (χ2n) is 5.42. The van der Waals surface area contributed by atoms with E-state index < -0.39 is 24.0 Å². The molecule has 0 fully saturated rings. The van der Waals surface area contributed by atoms with Crippen molar-refractivity contribution in [1.29, 1.82) is 5.26 Å². The van der Waals surface area contributed by atoms with E-state index in [-0.39, 0.29) is 12.5 Å². The number of nitrogens with zero attached hydrogens (tertiary/aromatic N) is 1. The van der Waals surface area contributed by atoms with E-state index >= 15 is 0 Å². The lowest BCUT2D eigenvalue weighted by Crippen LogP contribution is -2.50. The number of nitrogens with one attached hydrogen (secondary N) is 1. The molecule has 7 heteroatoms. The number of ether oxygens (including phenoxy) is 2. The highest BCUT2D eigenvalue weighted by molar-refractivity contribution is 9.10. The van der Waals surface area contributed by atoms with Crippen LogP contribution >= 0.6 is 15.9 Å². The molecule has 1 N–H and O–H groups in total. The van der Waals surface area contributed by atoms with Crippen LogP contribution in [0.2, 0.25) is 0 Å². The van der Waals surface area contributed by atoms with Gasteiger partial charge in [-0.3, -0.25) is 4.79 Å². The van der Waals surface area contributed by atoms with Gasteiger partial charge in [0.1, 0.15) is 11.3 Å². The summed E-state index contributed by atoms with van der Waals surface area (Å²) >= 11 is 3.29. The number of hydrogen-bond donors (Lipinski definition) is 1. The fourth-order valence-corrected chi connectivity index (χ4v) is 1.89. The Hall–Kier alpha value is -2.07. The monoisotopic (exact) mass is 382 g/mol. The quantitative estimate of drug-likeness (QED) is 0.731. The standard InChI is InChI=1S/C16H19BrN2O4/c1-11(2)16(3,10-18)19-14(20)8-23-15(21)9-22-13-6-4-5-12(17)7-13/h4-7,11H,8-9H2,1-3H3,(H,19,20)/t16-/m0/s1. The van der Waals surface area contributed by atoms with Crippen molar-refractivity contribution in [2.75, 3.05) is 13.2 Å². The van der Waals surface area contributed by atoms with Crippen molar-refractivity contribution in [3.63, 3.8) is 0 Å². The Bertz CT molecular complexity index is 612. The number of carbonyl (C=O) groups excluding carboxylic acids is 2. The van der Waals surface area contributed by atoms with Crippen LogP contribution in [0, 0.1) is 17.2 Å². The first-order valence-electron chi connectivity index (χ1n) is 7.03. The molecule has 0 aromatic heterocycles. The van der Waals surface area contributed by atoms with Gasteiger partial charge >= 0.3 is 5.97 Å². The molecule has 0 aliphatic rings. The highest BCUT2D eigenvalue weighted by atomic mass is 79.9. The number of hydrogen-bond acceptors (Lipinski definition) is 5. The number of rotatable bonds is 7. The lowest BCUT2D eigenvalue weighted by Gasteiger charge is -2.27. The first kappa shape index (κ1) is 19.0. The van der Waals surface area contributed by atoms with E-state index in [2.05, 4.69) is 21.2 Å². The molecule has 1 amide bonds. The maximum atomic E-state index is 11.8. The molecule has 1 atom stereocenters. The van der Waals surface area contributed by atoms with Gasteiger partial charge in [0, 0.05) is 4.47 Å². The smallest absolute Gasteiger partial charge is 0.344 e. The predicted molar refractivity (Wildman–Crippen MR) is 87.6 cm³/mol. The van der Waals surface area contributed by atoms with Crippen LogP contribution < -0.4 is 10.1 Å². The molecule has 0 radical (unpaired) electrons. The summed E-state index contributed by atoms with van der Waals surface area (Å²) in [6.07, 6.45) is 0. The van der Waals surface area contributed by atoms with Gasteiger partial charge in [-0.25, -0.2) is 4.79 Å². The van der Waals surface area contributed by atoms with Crippen LogP contribution in [0.25, 0.3) is 0 Å². The molecule has 1 rings (SSSR count). The summed E-state index contributed by atoms with van der Waals surface area (Å²) in [5.41, 5.74) is -1.00. The molecule has 0 heterocycles. The molecular formula is C16H19BrN2O4. The summed E-state index contributed by atoms with van der Waals surface area (Å²) in [6, 6.07) is 9.06. The van der Waals surface area contributed by atoms with Crippen molar-refractivity contribution in [3.05, 3.63) is 28.7 Å². The summed E-state index contributed by atoms with van der Waals surface area (Å²) in [5, 5.41) is 11.7. The van der Waals surface area contributed by atoms with Crippen molar-refractivity contribution in [2.45, 2.75) is 26.3 Å². The maximum absolute atomic E-state index is 11.8. The summed E-state index contributed by atoms with van der Waals surface area (Å²) in [5.74, 6) is -0.758. The van der Waals surface area contributed by atoms with Gasteiger partial charge in [-0.2, -0.15) is 5.26 Å². The number of carbonyl (C=O) groups is 2. The van der Waals surface area contributed by atoms with Gasteiger partial charge < -0.3 is 14.8 Å². The van der Waals surface area contributed by atoms with Crippen molar-refractivity contribution < 1.29 is 19.1 Å². The number of halogens is 1. The molecular weight excluding hydrogens is 364 g/mol. The molecule has 6 nitrogen and oxygen atoms in total. The van der Waals surface area contributed by atoms with E-state index in [0.29, 0.717) is 5.75 Å². The molecule has 0 aliphatic heterocycles. The van der Waals surface area contributed by atoms with Gasteiger partial charge in [0.2, 0.25) is 0 Å². The summed E-state index contributed by atoms with van der Waals surface area (Å²) in [6.45, 7) is 4.50. The minimum Gasteiger partial charge on any atom is -0.482 e. The zero-order valence-electron chi connectivity index (χ0n) is 13.3. The van der Waals surface area contributed by atoms with Crippen LogP contribution in [0.1, 0.15) is 20.8 Å². The number of benzene rings is 1. The van der Waals surface area contributed by atoms with Crippen LogP contribution in [0.4, 0.5) is 0 Å². The summed E-state index contributed by atoms with van der Waals surface area (Å²) < 4.78 is 10.9. The molecule has 1 aromatic rings. The molecule has 0 unspecified atom stereocenters. The average Bonchev–Trinajstić information content (AvgIpc) is 2.50. The molecule has 0 aliphatic carbocycles. The number of esters is 1. The summed E-state index contributed by atoms with van der Waals surface area (Å²) in [4.78, 5) is 23.3. The van der Waals surface area contributed by atoms with Gasteiger partial charge in [-0.05, 0) is 31.0 Å². The Morgan fingerprint density at radius 1 is 1.39 bits per heavy atom. The third-order valence-electron chi connectivity index (χ3n) is 3.30. The molecule has 1 aromatic carbocycles. The fourth-order valence-electron chi connectivity index (χ4n) is 1.51. The van der Waals surface area contributed by atoms with Crippen LogP contribution in [0.3, 0.4) is 0 Å². The minimum absolute atomic E-state index is 0.0768. The van der Waals surface area contributed by atoms with E-state index in [0.717, 1.165) is 4.47 Å². The first-order chi connectivity index (χ1) is 10.8. The average molecular weight is 383 g/mol. The fraction of sp³-hybridized carbons (Fsp3) is 0.438. The zero-order valence-corrected chi connectivity index (χ0v) is 14.8. The van der Waals surface area contributed by atoms with Gasteiger partial charge in [0.15, 0.2) is 13.2 Å². The third kappa shape index (κ3) is 6.28. The lowest BCUT2D eigenvalue weighted by atomic mass is 9.90. The van der Waals surface area contributed by atoms with Gasteiger partial charge in [-0.15, -0.1) is 0 Å². The molecule has 0 spiro atoms. The van der Waals surface area contributed by atoms with E-state index in [9.17, 15) is 9.59 Å². The highest BCUT2D eigenvalue weighted by Crippen LogP contribution is 2.17. The van der Waals surface area contributed by atoms with Crippen LogP contribution in [0.15, 0.2) is 28.7 Å². The molecule has 124 valence electrons. The second kappa shape index (κ2) is 8.53. The normalized spacial score (nSPS) is 12.9. The predicted octanol–water partition coefficient (Wildman–Crippen LogP) is 2.43. The SMILES string of the molecule is CC(C)[C@](C)(C#N)NC(=O)COC(=O)COc1cccc(Br)c1. The van der Waals surface area contributed by atoms with Crippen LogP contribution in [-0.2, 0) is 14.3 Å². The lowest BCUT2D eigenvalue weighted by molar-refractivity contribution is -0.150. The second-order valence-corrected chi connectivity index (χ2v) is 6.34. The van der Waals surface area contributed by atoms with Crippen molar-refractivity contribution in [1.82, 2.24) is 5.32 Å². The largest absolute Gasteiger partial charge is 0.482 e. The van der Waals surface area contributed by atoms with E-state index in [4.69, 9.17) is 14.7 Å². The first-order valence-corrected chi connectivity index (χ1v) is 7.82. The Morgan fingerprint density at radius 2 is 2.09 bits per heavy atom. The molecule has 0 saturated carbocycles. The summed E-state index contributed by atoms with van der Waals surface area (Å²) in [7, 11) is 0. The van der Waals surface area contributed by atoms with E-state index in [1.807, 2.05) is 26.0 Å². The van der Waals surface area contributed by atoms with E-state index in [1.165, 1.54) is 0 Å². The Kier molecular flexibility index (Phi) is 7.04. The Balaban J connectivity index is 2.38. The van der Waals surface area contributed by atoms with Gasteiger partial charge in [-0.1, -0.05) is 35.8 Å². The van der Waals surface area contributed by atoms with Crippen molar-refractivity contribution >= 4 is 27.8 Å². The van der Waals surface area contributed by atoms with Crippen molar-refractivity contribution in [2.24, 2.45) is 5.92 Å². The maximum Gasteiger partial charge on any atom is 0.344 e. The number of nitriles is 1. The molecule has 0 saturated heterocycles.